The topological polar surface area (TPSA) is 29.3 Å². The Bertz CT molecular complexity index is 310. The molecule has 1 rings (SSSR count). The van der Waals surface area contributed by atoms with Crippen LogP contribution >= 0.6 is 12.2 Å². The van der Waals surface area contributed by atoms with Crippen LogP contribution in [0.1, 0.15) is 5.56 Å². The average molecular weight is 194 g/mol. The summed E-state index contributed by atoms with van der Waals surface area (Å²) in [6.07, 6.45) is 0. The van der Waals surface area contributed by atoms with E-state index < -0.39 is 0 Å². The predicted molar refractivity (Wildman–Crippen MR) is 61.2 cm³/mol. The minimum atomic E-state index is 0.519. The third-order valence-electron chi connectivity index (χ3n) is 1.92. The molecule has 2 N–H and O–H groups in total. The molecule has 3 heteroatoms. The van der Waals surface area contributed by atoms with Crippen LogP contribution in [0.5, 0.6) is 0 Å². The van der Waals surface area contributed by atoms with E-state index in [1.165, 1.54) is 11.3 Å². The van der Waals surface area contributed by atoms with Crippen LogP contribution in [0.25, 0.3) is 0 Å². The Kier molecular flexibility index (Phi) is 3.25. The van der Waals surface area contributed by atoms with E-state index in [0.29, 0.717) is 11.5 Å². The number of thiocarbonyl (C=S) groups is 1. The lowest BCUT2D eigenvalue weighted by molar-refractivity contribution is 1.05. The van der Waals surface area contributed by atoms with Gasteiger partial charge >= 0.3 is 0 Å². The standard InChI is InChI=1S/C10H14N2S/c1-8-5-3-4-6-9(8)12(2)7-10(11)13/h3-6H,7H2,1-2H3,(H2,11,13). The van der Waals surface area contributed by atoms with Crippen molar-refractivity contribution < 1.29 is 0 Å². The van der Waals surface area contributed by atoms with Crippen molar-refractivity contribution in [3.05, 3.63) is 29.8 Å². The van der Waals surface area contributed by atoms with Crippen LogP contribution in [0.4, 0.5) is 5.69 Å². The summed E-state index contributed by atoms with van der Waals surface area (Å²) in [6, 6.07) is 8.17. The van der Waals surface area contributed by atoms with Gasteiger partial charge in [0.1, 0.15) is 0 Å². The third-order valence-corrected chi connectivity index (χ3v) is 2.05. The lowest BCUT2D eigenvalue weighted by Gasteiger charge is -2.20. The van der Waals surface area contributed by atoms with E-state index in [2.05, 4.69) is 24.0 Å². The Morgan fingerprint density at radius 1 is 1.46 bits per heavy atom. The Morgan fingerprint density at radius 3 is 2.62 bits per heavy atom. The molecule has 0 saturated carbocycles. The molecule has 0 bridgehead atoms. The lowest BCUT2D eigenvalue weighted by atomic mass is 10.2. The second-order valence-corrected chi connectivity index (χ2v) is 3.63. The van der Waals surface area contributed by atoms with Gasteiger partial charge in [0.2, 0.25) is 0 Å². The van der Waals surface area contributed by atoms with E-state index in [0.717, 1.165) is 0 Å². The first-order valence-electron chi connectivity index (χ1n) is 4.16. The second-order valence-electron chi connectivity index (χ2n) is 3.11. The lowest BCUT2D eigenvalue weighted by Crippen LogP contribution is -2.29. The number of rotatable bonds is 3. The first kappa shape index (κ1) is 9.99. The molecule has 70 valence electrons. The number of likely N-dealkylation sites (N-methyl/N-ethyl adjacent to an activating group) is 1. The number of anilines is 1. The maximum atomic E-state index is 5.47. The van der Waals surface area contributed by atoms with Crippen molar-refractivity contribution >= 4 is 22.9 Å². The summed E-state index contributed by atoms with van der Waals surface area (Å²) in [5, 5.41) is 0. The smallest absolute Gasteiger partial charge is 0.0923 e. The van der Waals surface area contributed by atoms with E-state index in [4.69, 9.17) is 18.0 Å². The highest BCUT2D eigenvalue weighted by molar-refractivity contribution is 7.80. The van der Waals surface area contributed by atoms with Crippen molar-refractivity contribution in [3.63, 3.8) is 0 Å². The second kappa shape index (κ2) is 4.23. The van der Waals surface area contributed by atoms with Crippen LogP contribution in [-0.4, -0.2) is 18.6 Å². The first-order valence-corrected chi connectivity index (χ1v) is 4.57. The van der Waals surface area contributed by atoms with Crippen LogP contribution in [-0.2, 0) is 0 Å². The summed E-state index contributed by atoms with van der Waals surface area (Å²) in [4.78, 5) is 2.57. The minimum Gasteiger partial charge on any atom is -0.392 e. The van der Waals surface area contributed by atoms with Crippen molar-refractivity contribution in [3.8, 4) is 0 Å². The molecule has 13 heavy (non-hydrogen) atoms. The largest absolute Gasteiger partial charge is 0.392 e. The Hall–Kier alpha value is -1.09. The van der Waals surface area contributed by atoms with Crippen LogP contribution in [0.2, 0.25) is 0 Å². The van der Waals surface area contributed by atoms with Crippen molar-refractivity contribution in [2.45, 2.75) is 6.92 Å². The highest BCUT2D eigenvalue weighted by atomic mass is 32.1. The molecule has 0 aliphatic rings. The van der Waals surface area contributed by atoms with E-state index >= 15 is 0 Å². The number of aryl methyl sites for hydroxylation is 1. The van der Waals surface area contributed by atoms with Gasteiger partial charge in [0.25, 0.3) is 0 Å². The molecule has 1 aromatic rings. The molecule has 0 fully saturated rings. The minimum absolute atomic E-state index is 0.519. The van der Waals surface area contributed by atoms with E-state index in [1.807, 2.05) is 19.2 Å². The Balaban J connectivity index is 2.82. The van der Waals surface area contributed by atoms with Crippen LogP contribution in [0.15, 0.2) is 24.3 Å². The van der Waals surface area contributed by atoms with Crippen LogP contribution < -0.4 is 10.6 Å². The summed E-state index contributed by atoms with van der Waals surface area (Å²) >= 11 is 4.85. The number of benzene rings is 1. The zero-order valence-corrected chi connectivity index (χ0v) is 8.77. The van der Waals surface area contributed by atoms with Crippen LogP contribution in [0, 0.1) is 6.92 Å². The molecule has 2 nitrogen and oxygen atoms in total. The molecular weight excluding hydrogens is 180 g/mol. The maximum Gasteiger partial charge on any atom is 0.0923 e. The fraction of sp³-hybridized carbons (Fsp3) is 0.300. The number of hydrogen-bond acceptors (Lipinski definition) is 2. The predicted octanol–water partition coefficient (Wildman–Crippen LogP) is 1.72. The fourth-order valence-electron chi connectivity index (χ4n) is 1.31. The number of hydrogen-bond donors (Lipinski definition) is 1. The number of para-hydroxylation sites is 1. The van der Waals surface area contributed by atoms with Gasteiger partial charge in [-0.25, -0.2) is 0 Å². The summed E-state index contributed by atoms with van der Waals surface area (Å²) < 4.78 is 0. The molecule has 1 aromatic carbocycles. The summed E-state index contributed by atoms with van der Waals surface area (Å²) in [6.45, 7) is 2.70. The molecule has 0 unspecified atom stereocenters. The van der Waals surface area contributed by atoms with Gasteiger partial charge in [0, 0.05) is 12.7 Å². The van der Waals surface area contributed by atoms with Gasteiger partial charge in [-0.05, 0) is 18.6 Å². The van der Waals surface area contributed by atoms with Gasteiger partial charge in [0.05, 0.1) is 11.5 Å². The third kappa shape index (κ3) is 2.70. The summed E-state index contributed by atoms with van der Waals surface area (Å²) in [5.74, 6) is 0. The molecule has 0 aliphatic heterocycles. The molecule has 0 aromatic heterocycles. The zero-order chi connectivity index (χ0) is 9.84. The zero-order valence-electron chi connectivity index (χ0n) is 7.95. The first-order chi connectivity index (χ1) is 6.11. The van der Waals surface area contributed by atoms with E-state index in [1.54, 1.807) is 0 Å². The van der Waals surface area contributed by atoms with E-state index in [9.17, 15) is 0 Å². The average Bonchev–Trinajstić information content (AvgIpc) is 2.03. The number of nitrogens with two attached hydrogens (primary N) is 1. The van der Waals surface area contributed by atoms with Gasteiger partial charge in [-0.1, -0.05) is 30.4 Å². The van der Waals surface area contributed by atoms with Gasteiger partial charge < -0.3 is 10.6 Å². The van der Waals surface area contributed by atoms with Crippen molar-refractivity contribution in [2.24, 2.45) is 5.73 Å². The Morgan fingerprint density at radius 2 is 2.08 bits per heavy atom. The monoisotopic (exact) mass is 194 g/mol. The normalized spacial score (nSPS) is 9.69. The maximum absolute atomic E-state index is 5.47. The van der Waals surface area contributed by atoms with Crippen LogP contribution in [0.3, 0.4) is 0 Å². The molecule has 0 atom stereocenters. The summed E-state index contributed by atoms with van der Waals surface area (Å²) in [7, 11) is 1.99. The molecular formula is C10H14N2S. The SMILES string of the molecule is Cc1ccccc1N(C)CC(N)=S. The molecule has 0 amide bonds. The van der Waals surface area contributed by atoms with Gasteiger partial charge in [0.15, 0.2) is 0 Å². The Labute approximate surface area is 84.3 Å². The molecule has 0 radical (unpaired) electrons. The van der Waals surface area contributed by atoms with E-state index in [-0.39, 0.29) is 0 Å². The molecule has 0 saturated heterocycles. The van der Waals surface area contributed by atoms with Crippen molar-refractivity contribution in [1.29, 1.82) is 0 Å². The van der Waals surface area contributed by atoms with Gasteiger partial charge in [-0.3, -0.25) is 0 Å². The van der Waals surface area contributed by atoms with Gasteiger partial charge in [-0.15, -0.1) is 0 Å². The quantitative estimate of drug-likeness (QED) is 0.743. The summed E-state index contributed by atoms with van der Waals surface area (Å²) in [5.41, 5.74) is 7.88. The molecule has 0 spiro atoms. The fourth-order valence-corrected chi connectivity index (χ4v) is 1.50. The molecule has 0 heterocycles. The van der Waals surface area contributed by atoms with Gasteiger partial charge in [-0.2, -0.15) is 0 Å². The highest BCUT2D eigenvalue weighted by Gasteiger charge is 2.03. The van der Waals surface area contributed by atoms with Crippen molar-refractivity contribution in [2.75, 3.05) is 18.5 Å². The van der Waals surface area contributed by atoms with Crippen molar-refractivity contribution in [1.82, 2.24) is 0 Å². The highest BCUT2D eigenvalue weighted by Crippen LogP contribution is 2.16. The molecule has 0 aliphatic carbocycles. The number of nitrogens with zero attached hydrogens (tertiary/aromatic N) is 1.